The van der Waals surface area contributed by atoms with Crippen LogP contribution >= 0.6 is 0 Å². The predicted octanol–water partition coefficient (Wildman–Crippen LogP) is -0.0367. The van der Waals surface area contributed by atoms with Crippen molar-refractivity contribution in [3.8, 4) is 0 Å². The van der Waals surface area contributed by atoms with Crippen LogP contribution < -0.4 is 0 Å². The van der Waals surface area contributed by atoms with Crippen LogP contribution in [0, 0.1) is 0 Å². The first kappa shape index (κ1) is 18.3. The van der Waals surface area contributed by atoms with Crippen LogP contribution in [0.4, 0.5) is 4.79 Å². The average molecular weight is 338 g/mol. The number of carbonyl (C=O) groups is 3. The number of amides is 3. The maximum absolute atomic E-state index is 12.4. The topological polar surface area (TPSA) is 73.4 Å². The molecule has 8 heteroatoms. The number of allylic oxidation sites excluding steroid dienone is 1. The molecule has 0 aromatic heterocycles. The highest BCUT2D eigenvalue weighted by Gasteiger charge is 2.31. The van der Waals surface area contributed by atoms with E-state index in [2.05, 4.69) is 6.58 Å². The summed E-state index contributed by atoms with van der Waals surface area (Å²) in [6.45, 7) is 10.3. The van der Waals surface area contributed by atoms with Crippen molar-refractivity contribution in [3.63, 3.8) is 0 Å². The van der Waals surface area contributed by atoms with Gasteiger partial charge in [-0.25, -0.2) is 4.79 Å². The van der Waals surface area contributed by atoms with Crippen LogP contribution in [-0.4, -0.2) is 96.4 Å². The molecule has 0 bridgehead atoms. The third-order valence-corrected chi connectivity index (χ3v) is 4.43. The van der Waals surface area contributed by atoms with Crippen LogP contribution in [0.2, 0.25) is 0 Å². The van der Waals surface area contributed by atoms with Crippen molar-refractivity contribution in [2.45, 2.75) is 19.9 Å². The number of hydrogen-bond acceptors (Lipinski definition) is 5. The summed E-state index contributed by atoms with van der Waals surface area (Å²) in [5.74, 6) is 0.293. The molecule has 0 spiro atoms. The predicted molar refractivity (Wildman–Crippen MR) is 88.1 cm³/mol. The Labute approximate surface area is 142 Å². The van der Waals surface area contributed by atoms with E-state index in [4.69, 9.17) is 4.74 Å². The molecule has 8 nitrogen and oxygen atoms in total. The molecule has 2 aliphatic rings. The highest BCUT2D eigenvalue weighted by atomic mass is 16.6. The first-order valence-electron chi connectivity index (χ1n) is 8.16. The lowest BCUT2D eigenvalue weighted by molar-refractivity contribution is -0.145. The second-order valence-corrected chi connectivity index (χ2v) is 6.47. The molecule has 2 saturated heterocycles. The summed E-state index contributed by atoms with van der Waals surface area (Å²) in [7, 11) is 1.75. The number of ether oxygens (including phenoxy) is 1. The monoisotopic (exact) mass is 338 g/mol. The first-order chi connectivity index (χ1) is 11.3. The fourth-order valence-corrected chi connectivity index (χ4v) is 2.85. The van der Waals surface area contributed by atoms with E-state index < -0.39 is 6.09 Å². The van der Waals surface area contributed by atoms with Crippen molar-refractivity contribution in [2.24, 2.45) is 0 Å². The highest BCUT2D eigenvalue weighted by Crippen LogP contribution is 2.12. The van der Waals surface area contributed by atoms with Crippen molar-refractivity contribution in [1.82, 2.24) is 19.6 Å². The maximum atomic E-state index is 12.4. The standard InChI is InChI=1S/C16H26N4O4/c1-12(2)24-16(23)20-8-7-18(13(3)9-20)11-15(22)19-6-5-17(4)14(21)10-19/h13H,1,5-11H2,2-4H3. The Hall–Kier alpha value is -2.09. The smallest absolute Gasteiger partial charge is 0.414 e. The lowest BCUT2D eigenvalue weighted by Gasteiger charge is -2.40. The van der Waals surface area contributed by atoms with Gasteiger partial charge in [-0.2, -0.15) is 0 Å². The molecule has 2 heterocycles. The van der Waals surface area contributed by atoms with Gasteiger partial charge in [-0.1, -0.05) is 6.58 Å². The average Bonchev–Trinajstić information content (AvgIpc) is 2.51. The van der Waals surface area contributed by atoms with Gasteiger partial charge in [0.1, 0.15) is 0 Å². The Morgan fingerprint density at radius 1 is 1.21 bits per heavy atom. The Kier molecular flexibility index (Phi) is 5.82. The molecule has 0 N–H and O–H groups in total. The molecule has 0 aliphatic carbocycles. The molecule has 0 saturated carbocycles. The summed E-state index contributed by atoms with van der Waals surface area (Å²) in [5.41, 5.74) is 0. The van der Waals surface area contributed by atoms with E-state index in [1.807, 2.05) is 11.8 Å². The molecule has 0 aromatic rings. The van der Waals surface area contributed by atoms with Gasteiger partial charge >= 0.3 is 6.09 Å². The molecule has 0 aromatic carbocycles. The Balaban J connectivity index is 1.84. The largest absolute Gasteiger partial charge is 0.416 e. The van der Waals surface area contributed by atoms with Crippen LogP contribution in [0.5, 0.6) is 0 Å². The van der Waals surface area contributed by atoms with E-state index in [-0.39, 0.29) is 30.9 Å². The molecular formula is C16H26N4O4. The van der Waals surface area contributed by atoms with E-state index in [1.54, 1.807) is 28.7 Å². The number of rotatable bonds is 3. The minimum Gasteiger partial charge on any atom is -0.416 e. The zero-order valence-corrected chi connectivity index (χ0v) is 14.7. The van der Waals surface area contributed by atoms with Crippen LogP contribution in [0.25, 0.3) is 0 Å². The zero-order valence-electron chi connectivity index (χ0n) is 14.7. The third kappa shape index (κ3) is 4.47. The summed E-state index contributed by atoms with van der Waals surface area (Å²) >= 11 is 0. The number of likely N-dealkylation sites (N-methyl/N-ethyl adjacent to an activating group) is 1. The minimum atomic E-state index is -0.398. The van der Waals surface area contributed by atoms with Crippen molar-refractivity contribution in [1.29, 1.82) is 0 Å². The van der Waals surface area contributed by atoms with E-state index >= 15 is 0 Å². The van der Waals surface area contributed by atoms with E-state index in [0.29, 0.717) is 38.5 Å². The van der Waals surface area contributed by atoms with Gasteiger partial charge in [0, 0.05) is 45.8 Å². The van der Waals surface area contributed by atoms with Crippen LogP contribution in [0.15, 0.2) is 12.3 Å². The molecule has 1 atom stereocenters. The number of piperazine rings is 2. The lowest BCUT2D eigenvalue weighted by Crippen LogP contribution is -2.58. The summed E-state index contributed by atoms with van der Waals surface area (Å²) in [6, 6.07) is 0.0449. The summed E-state index contributed by atoms with van der Waals surface area (Å²) in [5, 5.41) is 0. The quantitative estimate of drug-likeness (QED) is 0.676. The molecule has 2 fully saturated rings. The molecule has 134 valence electrons. The van der Waals surface area contributed by atoms with Crippen molar-refractivity contribution < 1.29 is 19.1 Å². The fourth-order valence-electron chi connectivity index (χ4n) is 2.85. The number of nitrogens with zero attached hydrogens (tertiary/aromatic N) is 4. The SMILES string of the molecule is C=C(C)OC(=O)N1CCN(CC(=O)N2CCN(C)C(=O)C2)C(C)C1. The van der Waals surface area contributed by atoms with E-state index in [1.165, 1.54) is 0 Å². The van der Waals surface area contributed by atoms with Crippen molar-refractivity contribution >= 4 is 17.9 Å². The van der Waals surface area contributed by atoms with Crippen LogP contribution in [0.3, 0.4) is 0 Å². The molecule has 0 radical (unpaired) electrons. The minimum absolute atomic E-state index is 0.0324. The van der Waals surface area contributed by atoms with Crippen molar-refractivity contribution in [2.75, 3.05) is 52.9 Å². The van der Waals surface area contributed by atoms with E-state index in [9.17, 15) is 14.4 Å². The Morgan fingerprint density at radius 3 is 2.46 bits per heavy atom. The second kappa shape index (κ2) is 7.65. The lowest BCUT2D eigenvalue weighted by atomic mass is 10.2. The summed E-state index contributed by atoms with van der Waals surface area (Å²) in [4.78, 5) is 43.0. The van der Waals surface area contributed by atoms with Gasteiger partial charge in [0.2, 0.25) is 11.8 Å². The number of carbonyl (C=O) groups excluding carboxylic acids is 3. The molecule has 3 amide bonds. The highest BCUT2D eigenvalue weighted by molar-refractivity contribution is 5.86. The first-order valence-corrected chi connectivity index (χ1v) is 8.16. The zero-order chi connectivity index (χ0) is 17.9. The molecule has 2 aliphatic heterocycles. The summed E-state index contributed by atoms with van der Waals surface area (Å²) in [6.07, 6.45) is -0.398. The Morgan fingerprint density at radius 2 is 1.88 bits per heavy atom. The molecular weight excluding hydrogens is 312 g/mol. The van der Waals surface area contributed by atoms with Gasteiger partial charge in [-0.05, 0) is 13.8 Å². The number of hydrogen-bond donors (Lipinski definition) is 0. The second-order valence-electron chi connectivity index (χ2n) is 6.47. The van der Waals surface area contributed by atoms with Crippen LogP contribution in [-0.2, 0) is 14.3 Å². The van der Waals surface area contributed by atoms with Gasteiger partial charge in [-0.3, -0.25) is 14.5 Å². The van der Waals surface area contributed by atoms with Crippen LogP contribution in [0.1, 0.15) is 13.8 Å². The molecule has 1 unspecified atom stereocenters. The van der Waals surface area contributed by atoms with Gasteiger partial charge in [-0.15, -0.1) is 0 Å². The maximum Gasteiger partial charge on any atom is 0.414 e. The van der Waals surface area contributed by atoms with Gasteiger partial charge in [0.15, 0.2) is 0 Å². The fraction of sp³-hybridized carbons (Fsp3) is 0.688. The molecule has 24 heavy (non-hydrogen) atoms. The Bertz CT molecular complexity index is 536. The van der Waals surface area contributed by atoms with E-state index in [0.717, 1.165) is 0 Å². The summed E-state index contributed by atoms with van der Waals surface area (Å²) < 4.78 is 5.03. The normalized spacial score (nSPS) is 22.5. The van der Waals surface area contributed by atoms with Gasteiger partial charge in [0.05, 0.1) is 18.8 Å². The van der Waals surface area contributed by atoms with Gasteiger partial charge < -0.3 is 19.4 Å². The van der Waals surface area contributed by atoms with Gasteiger partial charge in [0.25, 0.3) is 0 Å². The van der Waals surface area contributed by atoms with Crippen molar-refractivity contribution in [3.05, 3.63) is 12.3 Å². The third-order valence-electron chi connectivity index (χ3n) is 4.43. The molecule has 2 rings (SSSR count).